The van der Waals surface area contributed by atoms with Crippen LogP contribution >= 0.6 is 0 Å². The molecule has 21 N–H and O–H groups in total. The van der Waals surface area contributed by atoms with Gasteiger partial charge in [-0.2, -0.15) is 0 Å². The quantitative estimate of drug-likeness (QED) is 0.0320. The minimum Gasteiger partial charge on any atom is -0.370 e. The van der Waals surface area contributed by atoms with Crippen LogP contribution in [0.1, 0.15) is 82.3 Å². The average molecular weight is 1040 g/mol. The number of guanidine groups is 2. The van der Waals surface area contributed by atoms with Crippen LogP contribution in [0.3, 0.4) is 0 Å². The Kier molecular flexibility index (Phi) is 24.2. The predicted molar refractivity (Wildman–Crippen MR) is 279 cm³/mol. The van der Waals surface area contributed by atoms with Crippen molar-refractivity contribution in [3.63, 3.8) is 0 Å². The van der Waals surface area contributed by atoms with E-state index in [0.29, 0.717) is 11.1 Å². The van der Waals surface area contributed by atoms with E-state index in [2.05, 4.69) is 58.2 Å². The van der Waals surface area contributed by atoms with Crippen LogP contribution in [-0.4, -0.2) is 139 Å². The van der Waals surface area contributed by atoms with Gasteiger partial charge in [-0.3, -0.25) is 54.0 Å². The number of hydrogen-bond donors (Lipinski definition) is 17. The summed E-state index contributed by atoms with van der Waals surface area (Å²) in [6, 6.07) is 6.62. The fourth-order valence-corrected chi connectivity index (χ4v) is 8.31. The lowest BCUT2D eigenvalue weighted by molar-refractivity contribution is -0.136. The highest BCUT2D eigenvalue weighted by Crippen LogP contribution is 2.20. The lowest BCUT2D eigenvalue weighted by atomic mass is 10.0. The van der Waals surface area contributed by atoms with Gasteiger partial charge in [0.15, 0.2) is 11.9 Å². The Balaban J connectivity index is 1.76. The molecular weight excluding hydrogens is 971 g/mol. The summed E-state index contributed by atoms with van der Waals surface area (Å²) < 4.78 is 0. The molecule has 2 aromatic carbocycles. The molecule has 7 atom stereocenters. The normalized spacial score (nSPS) is 21.1. The van der Waals surface area contributed by atoms with Crippen LogP contribution in [0.15, 0.2) is 60.8 Å². The molecule has 1 aliphatic heterocycles. The summed E-state index contributed by atoms with van der Waals surface area (Å²) in [5.41, 5.74) is 24.5. The minimum absolute atomic E-state index is 0.0124. The first-order chi connectivity index (χ1) is 35.8. The van der Waals surface area contributed by atoms with Crippen molar-refractivity contribution in [1.82, 2.24) is 58.2 Å². The van der Waals surface area contributed by atoms with Crippen molar-refractivity contribution in [2.24, 2.45) is 22.9 Å². The number of fused-ring (bicyclic) bond motifs is 1. The van der Waals surface area contributed by atoms with E-state index < -0.39 is 95.5 Å². The summed E-state index contributed by atoms with van der Waals surface area (Å²) in [6.07, 6.45) is 1.60. The third-order valence-electron chi connectivity index (χ3n) is 12.2. The zero-order chi connectivity index (χ0) is 54.9. The maximum atomic E-state index is 14.6. The van der Waals surface area contributed by atoms with Crippen LogP contribution in [0, 0.1) is 10.8 Å². The number of hydrogen-bond acceptors (Lipinski definition) is 12. The van der Waals surface area contributed by atoms with Crippen molar-refractivity contribution in [2.45, 2.75) is 126 Å². The van der Waals surface area contributed by atoms with Gasteiger partial charge >= 0.3 is 0 Å². The van der Waals surface area contributed by atoms with E-state index in [1.54, 1.807) is 36.5 Å². The monoisotopic (exact) mass is 1040 g/mol. The fraction of sp³-hybridized carbons (Fsp3) is 0.490. The second kappa shape index (κ2) is 30.7. The van der Waals surface area contributed by atoms with Crippen LogP contribution in [-0.2, 0) is 56.0 Å². The second-order valence-corrected chi connectivity index (χ2v) is 18.2. The lowest BCUT2D eigenvalue weighted by Crippen LogP contribution is -2.60. The number of primary amides is 1. The van der Waals surface area contributed by atoms with Crippen LogP contribution < -0.4 is 76.1 Å². The first-order valence-electron chi connectivity index (χ1n) is 24.9. The van der Waals surface area contributed by atoms with E-state index in [4.69, 9.17) is 33.8 Å². The smallest absolute Gasteiger partial charge is 0.243 e. The molecule has 1 aromatic heterocycles. The molecule has 4 rings (SSSR count). The number of aromatic amines is 1. The molecule has 26 nitrogen and oxygen atoms in total. The van der Waals surface area contributed by atoms with Crippen molar-refractivity contribution >= 4 is 76.0 Å². The largest absolute Gasteiger partial charge is 0.370 e. The predicted octanol–water partition coefficient (Wildman–Crippen LogP) is -3.19. The van der Waals surface area contributed by atoms with E-state index >= 15 is 0 Å². The Morgan fingerprint density at radius 3 is 1.91 bits per heavy atom. The molecule has 0 radical (unpaired) electrons. The van der Waals surface area contributed by atoms with Gasteiger partial charge in [0, 0.05) is 62.9 Å². The van der Waals surface area contributed by atoms with Crippen LogP contribution in [0.5, 0.6) is 0 Å². The third-order valence-corrected chi connectivity index (χ3v) is 12.2. The van der Waals surface area contributed by atoms with Gasteiger partial charge in [-0.25, -0.2) is 0 Å². The Hall–Kier alpha value is -8.29. The van der Waals surface area contributed by atoms with Crippen molar-refractivity contribution in [2.75, 3.05) is 26.2 Å². The van der Waals surface area contributed by atoms with Gasteiger partial charge in [-0.15, -0.1) is 0 Å². The van der Waals surface area contributed by atoms with Gasteiger partial charge < -0.3 is 81.1 Å². The molecule has 2 heterocycles. The summed E-state index contributed by atoms with van der Waals surface area (Å²) in [6.45, 7) is 1.60. The zero-order valence-corrected chi connectivity index (χ0v) is 42.1. The maximum absolute atomic E-state index is 14.6. The highest BCUT2D eigenvalue weighted by atomic mass is 16.2. The highest BCUT2D eigenvalue weighted by molar-refractivity contribution is 5.98. The number of H-pyrrole nitrogens is 1. The minimum atomic E-state index is -1.46. The molecule has 0 aliphatic carbocycles. The number of amides is 9. The Morgan fingerprint density at radius 1 is 0.693 bits per heavy atom. The van der Waals surface area contributed by atoms with Crippen molar-refractivity contribution in [3.8, 4) is 0 Å². The summed E-state index contributed by atoms with van der Waals surface area (Å²) in [5, 5.41) is 42.5. The molecule has 1 saturated heterocycles. The lowest BCUT2D eigenvalue weighted by Gasteiger charge is -2.28. The number of aromatic nitrogens is 1. The number of benzene rings is 2. The molecule has 1 fully saturated rings. The van der Waals surface area contributed by atoms with Gasteiger partial charge in [-0.05, 0) is 81.5 Å². The molecule has 1 unspecified atom stereocenters. The van der Waals surface area contributed by atoms with E-state index in [1.807, 2.05) is 24.3 Å². The van der Waals surface area contributed by atoms with Crippen LogP contribution in [0.4, 0.5) is 0 Å². The second-order valence-electron chi connectivity index (χ2n) is 18.2. The number of nitrogens with two attached hydrogens (primary N) is 4. The molecule has 3 aromatic rings. The van der Waals surface area contributed by atoms with E-state index in [-0.39, 0.29) is 115 Å². The Morgan fingerprint density at radius 2 is 1.27 bits per heavy atom. The van der Waals surface area contributed by atoms with E-state index in [0.717, 1.165) is 10.9 Å². The molecule has 408 valence electrons. The van der Waals surface area contributed by atoms with Crippen molar-refractivity contribution in [1.29, 1.82) is 10.8 Å². The molecule has 75 heavy (non-hydrogen) atoms. The molecule has 26 heteroatoms. The fourth-order valence-electron chi connectivity index (χ4n) is 8.31. The van der Waals surface area contributed by atoms with E-state index in [1.165, 1.54) is 6.92 Å². The first-order valence-corrected chi connectivity index (χ1v) is 24.9. The number of rotatable bonds is 19. The summed E-state index contributed by atoms with van der Waals surface area (Å²) in [4.78, 5) is 127. The third kappa shape index (κ3) is 20.6. The van der Waals surface area contributed by atoms with Crippen molar-refractivity contribution in [3.05, 3.63) is 71.9 Å². The molecular formula is C49H73N17O9. The van der Waals surface area contributed by atoms with Gasteiger partial charge in [-0.1, -0.05) is 48.5 Å². The van der Waals surface area contributed by atoms with E-state index in [9.17, 15) is 43.2 Å². The highest BCUT2D eigenvalue weighted by Gasteiger charge is 2.35. The van der Waals surface area contributed by atoms with Gasteiger partial charge in [0.05, 0.1) is 0 Å². The topological polar surface area (TPSA) is 441 Å². The summed E-state index contributed by atoms with van der Waals surface area (Å²) in [7, 11) is 0. The molecule has 0 saturated carbocycles. The average Bonchev–Trinajstić information content (AvgIpc) is 3.78. The van der Waals surface area contributed by atoms with Crippen molar-refractivity contribution < 1.29 is 43.2 Å². The Bertz CT molecular complexity index is 2470. The van der Waals surface area contributed by atoms with Gasteiger partial charge in [0.25, 0.3) is 0 Å². The summed E-state index contributed by atoms with van der Waals surface area (Å²) in [5.74, 6) is -7.53. The molecule has 1 aliphatic rings. The zero-order valence-electron chi connectivity index (χ0n) is 42.1. The molecule has 9 amide bonds. The van der Waals surface area contributed by atoms with Gasteiger partial charge in [0.1, 0.15) is 42.3 Å². The standard InChI is InChI=1S/C49H73N17O9/c1-28(67)60-34(17-9-23-57-48(52)53)42(70)64-37-19-20-40(68)56-22-8-16-33(41(51)69)61-47(75)39(26-30-27-59-32-14-6-5-13-31(30)32)66-44(72)36(18-10-24-58-49(54)55)63-46(74)38(25-29-11-3-2-4-12-29)65-43(71)35(15-7-21-50)62-45(37)73/h2-6,11-14,27,33-39,59H,7-10,15-26,50H2,1H3,(H2,51,69)(H,56,68)(H,60,67)(H,61,75)(H,62,73)(H,63,74)(H,64,70)(H,65,71)(H,66,72)(H4,52,53,57)(H4,54,55,58)/t33?,34-,35-,36-,37-,38+,39-/m0/s1. The number of carbonyl (C=O) groups excluding carboxylic acids is 9. The number of nitrogens with one attached hydrogen (secondary N) is 13. The first kappa shape index (κ1) is 59.3. The molecule has 0 spiro atoms. The molecule has 0 bridgehead atoms. The number of para-hydroxylation sites is 1. The van der Waals surface area contributed by atoms with Gasteiger partial charge in [0.2, 0.25) is 53.2 Å². The van der Waals surface area contributed by atoms with Crippen LogP contribution in [0.25, 0.3) is 10.9 Å². The Labute approximate surface area is 434 Å². The SMILES string of the molecule is CC(=O)N[C@@H](CCCNC(=N)N)C(=O)N[C@H]1CCC(=O)NCCCC(C(N)=O)NC(=O)[C@H](Cc2c[nH]c3ccccc23)NC(=O)[C@H](CCCNC(=N)N)NC(=O)[C@@H](Cc2ccccc2)NC(=O)[C@H](CCCN)NC1=O. The summed E-state index contributed by atoms with van der Waals surface area (Å²) >= 11 is 0. The maximum Gasteiger partial charge on any atom is 0.243 e. The number of carbonyl (C=O) groups is 9. The van der Waals surface area contributed by atoms with Crippen LogP contribution in [0.2, 0.25) is 0 Å².